The van der Waals surface area contributed by atoms with Gasteiger partial charge in [0.15, 0.2) is 0 Å². The lowest BCUT2D eigenvalue weighted by molar-refractivity contribution is 0.136. The lowest BCUT2D eigenvalue weighted by atomic mass is 9.98. The molecule has 0 amide bonds. The second-order valence-electron chi connectivity index (χ2n) is 6.22. The molecule has 1 aliphatic rings. The van der Waals surface area contributed by atoms with Gasteiger partial charge in [-0.2, -0.15) is 0 Å². The fourth-order valence-corrected chi connectivity index (χ4v) is 3.59. The molecule has 1 unspecified atom stereocenters. The topological polar surface area (TPSA) is 33.5 Å². The van der Waals surface area contributed by atoms with Crippen LogP contribution < -0.4 is 5.63 Å². The molecule has 118 valence electrons. The van der Waals surface area contributed by atoms with Crippen LogP contribution in [0.3, 0.4) is 0 Å². The van der Waals surface area contributed by atoms with E-state index >= 15 is 0 Å². The minimum atomic E-state index is -0.283. The van der Waals surface area contributed by atoms with Crippen molar-refractivity contribution < 1.29 is 4.42 Å². The Morgan fingerprint density at radius 2 is 2.14 bits per heavy atom. The Morgan fingerprint density at radius 3 is 2.91 bits per heavy atom. The van der Waals surface area contributed by atoms with E-state index in [-0.39, 0.29) is 5.63 Å². The van der Waals surface area contributed by atoms with Crippen molar-refractivity contribution in [2.24, 2.45) is 0 Å². The van der Waals surface area contributed by atoms with Crippen LogP contribution in [0.5, 0.6) is 0 Å². The minimum Gasteiger partial charge on any atom is -0.423 e. The molecule has 0 N–H and O–H groups in total. The summed E-state index contributed by atoms with van der Waals surface area (Å²) < 4.78 is 5.35. The molecule has 1 atom stereocenters. The van der Waals surface area contributed by atoms with Crippen molar-refractivity contribution in [1.29, 1.82) is 0 Å². The summed E-state index contributed by atoms with van der Waals surface area (Å²) in [6.45, 7) is 6.05. The molecular weight excluding hydrogens is 298 g/mol. The maximum atomic E-state index is 11.9. The fourth-order valence-electron chi connectivity index (χ4n) is 3.43. The van der Waals surface area contributed by atoms with E-state index in [4.69, 9.17) is 16.0 Å². The van der Waals surface area contributed by atoms with Gasteiger partial charge in [0, 0.05) is 29.1 Å². The van der Waals surface area contributed by atoms with E-state index in [2.05, 4.69) is 11.8 Å². The van der Waals surface area contributed by atoms with Crippen molar-refractivity contribution in [2.75, 3.05) is 6.54 Å². The van der Waals surface area contributed by atoms with Crippen LogP contribution in [0.4, 0.5) is 0 Å². The third kappa shape index (κ3) is 3.06. The number of nitrogens with zero attached hydrogens (tertiary/aromatic N) is 1. The van der Waals surface area contributed by atoms with Crippen molar-refractivity contribution in [3.8, 4) is 0 Å². The predicted octanol–water partition coefficient (Wildman–Crippen LogP) is 4.52. The van der Waals surface area contributed by atoms with Crippen LogP contribution in [-0.2, 0) is 6.54 Å². The molecule has 1 saturated heterocycles. The van der Waals surface area contributed by atoms with Crippen molar-refractivity contribution in [2.45, 2.75) is 52.1 Å². The van der Waals surface area contributed by atoms with Gasteiger partial charge in [-0.25, -0.2) is 4.79 Å². The molecule has 1 aromatic carbocycles. The first-order valence-electron chi connectivity index (χ1n) is 8.05. The largest absolute Gasteiger partial charge is 0.423 e. The Morgan fingerprint density at radius 1 is 1.32 bits per heavy atom. The highest BCUT2D eigenvalue weighted by molar-refractivity contribution is 6.32. The number of halogens is 1. The van der Waals surface area contributed by atoms with Gasteiger partial charge >= 0.3 is 5.63 Å². The first-order valence-corrected chi connectivity index (χ1v) is 8.43. The predicted molar refractivity (Wildman–Crippen MR) is 90.6 cm³/mol. The molecule has 22 heavy (non-hydrogen) atoms. The zero-order valence-electron chi connectivity index (χ0n) is 13.2. The first kappa shape index (κ1) is 15.6. The summed E-state index contributed by atoms with van der Waals surface area (Å²) in [5.74, 6) is 0. The van der Waals surface area contributed by atoms with Gasteiger partial charge in [0.1, 0.15) is 5.58 Å². The number of fused-ring (bicyclic) bond motifs is 1. The van der Waals surface area contributed by atoms with E-state index in [0.29, 0.717) is 16.6 Å². The Kier molecular flexibility index (Phi) is 4.55. The summed E-state index contributed by atoms with van der Waals surface area (Å²) in [6.07, 6.45) is 4.93. The lowest BCUT2D eigenvalue weighted by Gasteiger charge is -2.35. The van der Waals surface area contributed by atoms with Gasteiger partial charge in [-0.1, -0.05) is 24.9 Å². The molecule has 1 fully saturated rings. The highest BCUT2D eigenvalue weighted by Gasteiger charge is 2.22. The van der Waals surface area contributed by atoms with Crippen LogP contribution in [0.25, 0.3) is 11.0 Å². The van der Waals surface area contributed by atoms with Crippen molar-refractivity contribution in [1.82, 2.24) is 4.90 Å². The lowest BCUT2D eigenvalue weighted by Crippen LogP contribution is -2.38. The zero-order chi connectivity index (χ0) is 15.7. The molecule has 3 rings (SSSR count). The average Bonchev–Trinajstić information content (AvgIpc) is 2.50. The number of benzene rings is 1. The van der Waals surface area contributed by atoms with E-state index in [0.717, 1.165) is 36.0 Å². The maximum Gasteiger partial charge on any atom is 0.336 e. The molecular formula is C18H22ClNO2. The second kappa shape index (κ2) is 6.43. The smallest absolute Gasteiger partial charge is 0.336 e. The summed E-state index contributed by atoms with van der Waals surface area (Å²) in [6, 6.07) is 6.01. The van der Waals surface area contributed by atoms with E-state index in [9.17, 15) is 4.79 Å². The molecule has 1 aliphatic heterocycles. The van der Waals surface area contributed by atoms with Gasteiger partial charge in [-0.3, -0.25) is 4.90 Å². The van der Waals surface area contributed by atoms with Crippen LogP contribution in [0, 0.1) is 6.92 Å². The summed E-state index contributed by atoms with van der Waals surface area (Å²) in [5.41, 5.74) is 2.30. The summed E-state index contributed by atoms with van der Waals surface area (Å²) in [7, 11) is 0. The van der Waals surface area contributed by atoms with Crippen molar-refractivity contribution >= 4 is 22.6 Å². The number of hydrogen-bond acceptors (Lipinski definition) is 3. The Bertz CT molecular complexity index is 738. The van der Waals surface area contributed by atoms with E-state index in [1.165, 1.54) is 19.3 Å². The van der Waals surface area contributed by atoms with Gasteiger partial charge in [-0.15, -0.1) is 0 Å². The van der Waals surface area contributed by atoms with E-state index in [1.807, 2.05) is 19.1 Å². The van der Waals surface area contributed by atoms with Gasteiger partial charge in [0.2, 0.25) is 0 Å². The number of likely N-dealkylation sites (tertiary alicyclic amines) is 1. The van der Waals surface area contributed by atoms with Gasteiger partial charge in [0.25, 0.3) is 0 Å². The summed E-state index contributed by atoms with van der Waals surface area (Å²) in [4.78, 5) is 14.4. The molecule has 2 aromatic rings. The highest BCUT2D eigenvalue weighted by atomic mass is 35.5. The number of piperidine rings is 1. The highest BCUT2D eigenvalue weighted by Crippen LogP contribution is 2.28. The Hall–Kier alpha value is -1.32. The third-order valence-corrected chi connectivity index (χ3v) is 5.11. The van der Waals surface area contributed by atoms with E-state index < -0.39 is 0 Å². The van der Waals surface area contributed by atoms with E-state index in [1.54, 1.807) is 6.07 Å². The standard InChI is InChI=1S/C18H22ClNO2/c1-3-14-6-4-5-7-20(14)11-13-9-18(21)22-17-8-12(2)16(19)10-15(13)17/h8-10,14H,3-7,11H2,1-2H3. The van der Waals surface area contributed by atoms with Crippen molar-refractivity contribution in [3.05, 3.63) is 44.8 Å². The molecule has 4 heteroatoms. The van der Waals surface area contributed by atoms with Crippen LogP contribution in [0.15, 0.2) is 27.4 Å². The van der Waals surface area contributed by atoms with Crippen LogP contribution in [-0.4, -0.2) is 17.5 Å². The molecule has 3 nitrogen and oxygen atoms in total. The maximum absolute atomic E-state index is 11.9. The quantitative estimate of drug-likeness (QED) is 0.780. The number of hydrogen-bond donors (Lipinski definition) is 0. The molecule has 0 radical (unpaired) electrons. The van der Waals surface area contributed by atoms with Gasteiger partial charge in [0.05, 0.1) is 0 Å². The molecule has 2 heterocycles. The Balaban J connectivity index is 2.02. The number of aryl methyl sites for hydroxylation is 1. The van der Waals surface area contributed by atoms with Crippen molar-refractivity contribution in [3.63, 3.8) is 0 Å². The summed E-state index contributed by atoms with van der Waals surface area (Å²) >= 11 is 6.26. The van der Waals surface area contributed by atoms with Gasteiger partial charge in [-0.05, 0) is 56.0 Å². The molecule has 0 saturated carbocycles. The molecule has 1 aromatic heterocycles. The average molecular weight is 320 g/mol. The monoisotopic (exact) mass is 319 g/mol. The summed E-state index contributed by atoms with van der Waals surface area (Å²) in [5, 5.41) is 1.67. The molecule has 0 bridgehead atoms. The third-order valence-electron chi connectivity index (χ3n) is 4.70. The SMILES string of the molecule is CCC1CCCCN1Cc1cc(=O)oc2cc(C)c(Cl)cc12. The first-order chi connectivity index (χ1) is 10.6. The van der Waals surface area contributed by atoms with Crippen LogP contribution >= 0.6 is 11.6 Å². The minimum absolute atomic E-state index is 0.283. The zero-order valence-corrected chi connectivity index (χ0v) is 13.9. The fraction of sp³-hybridized carbons (Fsp3) is 0.500. The van der Waals surface area contributed by atoms with Crippen LogP contribution in [0.1, 0.15) is 43.7 Å². The molecule has 0 aliphatic carbocycles. The van der Waals surface area contributed by atoms with Gasteiger partial charge < -0.3 is 4.42 Å². The molecule has 0 spiro atoms. The normalized spacial score (nSPS) is 19.7. The number of rotatable bonds is 3. The second-order valence-corrected chi connectivity index (χ2v) is 6.62. The van der Waals surface area contributed by atoms with Crippen LogP contribution in [0.2, 0.25) is 5.02 Å². The Labute approximate surface area is 135 Å².